The van der Waals surface area contributed by atoms with E-state index < -0.39 is 0 Å². The summed E-state index contributed by atoms with van der Waals surface area (Å²) < 4.78 is 0. The number of aromatic amines is 1. The molecule has 2 aromatic rings. The van der Waals surface area contributed by atoms with Crippen LogP contribution in [0, 0.1) is 6.92 Å². The summed E-state index contributed by atoms with van der Waals surface area (Å²) in [7, 11) is 0. The first-order valence-electron chi connectivity index (χ1n) is 7.71. The van der Waals surface area contributed by atoms with Crippen LogP contribution in [-0.2, 0) is 6.42 Å². The molecule has 122 valence electrons. The predicted molar refractivity (Wildman–Crippen MR) is 106 cm³/mol. The van der Waals surface area contributed by atoms with Gasteiger partial charge >= 0.3 is 0 Å². The van der Waals surface area contributed by atoms with Crippen LogP contribution in [0.5, 0.6) is 0 Å². The van der Waals surface area contributed by atoms with Gasteiger partial charge in [-0.2, -0.15) is 0 Å². The lowest BCUT2D eigenvalue weighted by Crippen LogP contribution is -2.41. The number of aryl methyl sites for hydroxylation is 1. The van der Waals surface area contributed by atoms with E-state index in [9.17, 15) is 0 Å². The van der Waals surface area contributed by atoms with E-state index in [4.69, 9.17) is 0 Å². The molecular formula is C17H27IN4. The largest absolute Gasteiger partial charge is 0.361 e. The first-order chi connectivity index (χ1) is 10.1. The van der Waals surface area contributed by atoms with Gasteiger partial charge in [-0.15, -0.1) is 24.0 Å². The lowest BCUT2D eigenvalue weighted by Gasteiger charge is -2.13. The molecular weight excluding hydrogens is 387 g/mol. The number of nitrogens with zero attached hydrogens (tertiary/aromatic N) is 1. The van der Waals surface area contributed by atoms with E-state index in [1.54, 1.807) is 0 Å². The number of hydrogen-bond donors (Lipinski definition) is 3. The fraction of sp³-hybridized carbons (Fsp3) is 0.471. The van der Waals surface area contributed by atoms with Gasteiger partial charge in [0.15, 0.2) is 5.96 Å². The maximum absolute atomic E-state index is 4.63. The molecule has 0 spiro atoms. The second-order valence-corrected chi connectivity index (χ2v) is 5.67. The first-order valence-corrected chi connectivity index (χ1v) is 7.71. The third-order valence-corrected chi connectivity index (χ3v) is 3.34. The number of hydrogen-bond acceptors (Lipinski definition) is 1. The molecule has 0 aliphatic carbocycles. The first kappa shape index (κ1) is 18.8. The molecule has 0 atom stereocenters. The second kappa shape index (κ2) is 9.02. The van der Waals surface area contributed by atoms with Gasteiger partial charge in [-0.25, -0.2) is 0 Å². The Balaban J connectivity index is 0.00000242. The van der Waals surface area contributed by atoms with Gasteiger partial charge in [0, 0.05) is 36.2 Å². The number of halogens is 1. The normalized spacial score (nSPS) is 11.6. The number of benzene rings is 1. The van der Waals surface area contributed by atoms with E-state index >= 15 is 0 Å². The van der Waals surface area contributed by atoms with Crippen molar-refractivity contribution in [2.75, 3.05) is 13.1 Å². The molecule has 0 fully saturated rings. The van der Waals surface area contributed by atoms with Gasteiger partial charge in [-0.3, -0.25) is 4.99 Å². The van der Waals surface area contributed by atoms with Gasteiger partial charge in [-0.05, 0) is 51.3 Å². The fourth-order valence-electron chi connectivity index (χ4n) is 2.39. The van der Waals surface area contributed by atoms with Crippen LogP contribution in [0.3, 0.4) is 0 Å². The maximum Gasteiger partial charge on any atom is 0.191 e. The van der Waals surface area contributed by atoms with Gasteiger partial charge in [0.1, 0.15) is 0 Å². The van der Waals surface area contributed by atoms with Crippen LogP contribution in [0.15, 0.2) is 29.4 Å². The van der Waals surface area contributed by atoms with Gasteiger partial charge in [0.05, 0.1) is 0 Å². The van der Waals surface area contributed by atoms with Crippen LogP contribution in [-0.4, -0.2) is 30.1 Å². The Morgan fingerprint density at radius 3 is 2.77 bits per heavy atom. The van der Waals surface area contributed by atoms with Crippen LogP contribution in [0.2, 0.25) is 0 Å². The molecule has 4 nitrogen and oxygen atoms in total. The van der Waals surface area contributed by atoms with Gasteiger partial charge in [-0.1, -0.05) is 12.1 Å². The summed E-state index contributed by atoms with van der Waals surface area (Å²) in [5, 5.41) is 7.91. The molecule has 1 heterocycles. The molecule has 0 bridgehead atoms. The van der Waals surface area contributed by atoms with Crippen molar-refractivity contribution in [3.05, 3.63) is 35.5 Å². The summed E-state index contributed by atoms with van der Waals surface area (Å²) in [5.41, 5.74) is 3.82. The van der Waals surface area contributed by atoms with E-state index in [-0.39, 0.29) is 24.0 Å². The van der Waals surface area contributed by atoms with E-state index in [1.165, 1.54) is 22.0 Å². The average molecular weight is 414 g/mol. The molecule has 1 aromatic heterocycles. The van der Waals surface area contributed by atoms with Gasteiger partial charge < -0.3 is 15.6 Å². The molecule has 0 aliphatic rings. The van der Waals surface area contributed by atoms with E-state index in [0.29, 0.717) is 6.04 Å². The molecule has 5 heteroatoms. The van der Waals surface area contributed by atoms with Crippen molar-refractivity contribution in [3.8, 4) is 0 Å². The molecule has 22 heavy (non-hydrogen) atoms. The average Bonchev–Trinajstić information content (AvgIpc) is 2.80. The quantitative estimate of drug-likeness (QED) is 0.398. The number of rotatable bonds is 5. The Labute approximate surface area is 150 Å². The zero-order chi connectivity index (χ0) is 15.2. The minimum Gasteiger partial charge on any atom is -0.361 e. The molecule has 0 saturated heterocycles. The molecule has 0 unspecified atom stereocenters. The Kier molecular flexibility index (Phi) is 7.72. The Hall–Kier alpha value is -1.24. The molecule has 2 rings (SSSR count). The van der Waals surface area contributed by atoms with Crippen LogP contribution >= 0.6 is 24.0 Å². The number of guanidine groups is 1. The molecule has 0 saturated carbocycles. The predicted octanol–water partition coefficient (Wildman–Crippen LogP) is 3.60. The Morgan fingerprint density at radius 2 is 2.09 bits per heavy atom. The molecule has 3 N–H and O–H groups in total. The van der Waals surface area contributed by atoms with Crippen molar-refractivity contribution < 1.29 is 0 Å². The third kappa shape index (κ3) is 5.19. The zero-order valence-corrected chi connectivity index (χ0v) is 16.2. The van der Waals surface area contributed by atoms with Crippen LogP contribution in [0.4, 0.5) is 0 Å². The number of nitrogens with one attached hydrogen (secondary N) is 3. The highest BCUT2D eigenvalue weighted by Gasteiger charge is 2.04. The second-order valence-electron chi connectivity index (χ2n) is 5.67. The SMILES string of the molecule is CCNC(=NCCc1c[nH]c2cc(C)ccc12)NC(C)C.I. The molecule has 0 aliphatic heterocycles. The standard InChI is InChI=1S/C17H26N4.HI/c1-5-18-17(21-12(2)3)19-9-8-14-11-20-16-10-13(4)6-7-15(14)16;/h6-7,10-12,20H,5,8-9H2,1-4H3,(H2,18,19,21);1H. The van der Waals surface area contributed by atoms with Crippen molar-refractivity contribution in [2.24, 2.45) is 4.99 Å². The summed E-state index contributed by atoms with van der Waals surface area (Å²) in [6, 6.07) is 6.93. The van der Waals surface area contributed by atoms with Crippen molar-refractivity contribution in [2.45, 2.75) is 40.2 Å². The topological polar surface area (TPSA) is 52.2 Å². The highest BCUT2D eigenvalue weighted by Crippen LogP contribution is 2.19. The number of aromatic nitrogens is 1. The molecule has 0 radical (unpaired) electrons. The summed E-state index contributed by atoms with van der Waals surface area (Å²) >= 11 is 0. The van der Waals surface area contributed by atoms with Crippen LogP contribution in [0.25, 0.3) is 10.9 Å². The van der Waals surface area contributed by atoms with Crippen molar-refractivity contribution in [3.63, 3.8) is 0 Å². The Bertz CT molecular complexity index is 616. The maximum atomic E-state index is 4.63. The molecule has 1 aromatic carbocycles. The van der Waals surface area contributed by atoms with Crippen LogP contribution < -0.4 is 10.6 Å². The zero-order valence-electron chi connectivity index (χ0n) is 13.9. The van der Waals surface area contributed by atoms with E-state index in [0.717, 1.165) is 25.5 Å². The Morgan fingerprint density at radius 1 is 1.32 bits per heavy atom. The van der Waals surface area contributed by atoms with Gasteiger partial charge in [0.25, 0.3) is 0 Å². The summed E-state index contributed by atoms with van der Waals surface area (Å²) in [5.74, 6) is 0.892. The van der Waals surface area contributed by atoms with Crippen molar-refractivity contribution >= 4 is 40.8 Å². The number of aliphatic imine (C=N–C) groups is 1. The highest BCUT2D eigenvalue weighted by atomic mass is 127. The van der Waals surface area contributed by atoms with Crippen LogP contribution in [0.1, 0.15) is 31.9 Å². The monoisotopic (exact) mass is 414 g/mol. The summed E-state index contributed by atoms with van der Waals surface area (Å²) in [6.45, 7) is 10.1. The van der Waals surface area contributed by atoms with Gasteiger partial charge in [0.2, 0.25) is 0 Å². The highest BCUT2D eigenvalue weighted by molar-refractivity contribution is 14.0. The number of H-pyrrole nitrogens is 1. The summed E-state index contributed by atoms with van der Waals surface area (Å²) in [6.07, 6.45) is 3.04. The summed E-state index contributed by atoms with van der Waals surface area (Å²) in [4.78, 5) is 7.98. The number of fused-ring (bicyclic) bond motifs is 1. The third-order valence-electron chi connectivity index (χ3n) is 3.34. The van der Waals surface area contributed by atoms with E-state index in [2.05, 4.69) is 72.7 Å². The fourth-order valence-corrected chi connectivity index (χ4v) is 2.39. The van der Waals surface area contributed by atoms with Crippen molar-refractivity contribution in [1.29, 1.82) is 0 Å². The van der Waals surface area contributed by atoms with E-state index in [1.807, 2.05) is 0 Å². The lowest BCUT2D eigenvalue weighted by atomic mass is 10.1. The van der Waals surface area contributed by atoms with Crippen molar-refractivity contribution in [1.82, 2.24) is 15.6 Å². The lowest BCUT2D eigenvalue weighted by molar-refractivity contribution is 0.700. The minimum atomic E-state index is 0. The smallest absolute Gasteiger partial charge is 0.191 e. The molecule has 0 amide bonds. The minimum absolute atomic E-state index is 0.